The van der Waals surface area contributed by atoms with E-state index in [1.54, 1.807) is 48.5 Å². The molecule has 0 fully saturated rings. The van der Waals surface area contributed by atoms with Crippen LogP contribution in [0.1, 0.15) is 35.1 Å². The maximum atomic E-state index is 14.5. The number of ether oxygens (including phenoxy) is 2. The van der Waals surface area contributed by atoms with E-state index in [1.165, 1.54) is 36.4 Å². The molecular weight excluding hydrogens is 812 g/mol. The molecule has 0 aliphatic carbocycles. The molecule has 4 bridgehead atoms. The molecule has 0 saturated heterocycles. The van der Waals surface area contributed by atoms with Gasteiger partial charge in [-0.15, -0.1) is 0 Å². The van der Waals surface area contributed by atoms with E-state index in [9.17, 15) is 52.7 Å². The predicted octanol–water partition coefficient (Wildman–Crippen LogP) is 15.3. The number of fused-ring (bicyclic) bond motifs is 4. The molecule has 0 unspecified atom stereocenters. The molecule has 0 N–H and O–H groups in total. The largest absolute Gasteiger partial charge is 0.493 e. The summed E-state index contributed by atoms with van der Waals surface area (Å²) in [6.45, 7) is 0.308. The van der Waals surface area contributed by atoms with E-state index < -0.39 is 58.1 Å². The number of rotatable bonds is 2. The number of para-hydroxylation sites is 2. The third-order valence-electron chi connectivity index (χ3n) is 10.3. The first-order valence-electron chi connectivity index (χ1n) is 18.4. The van der Waals surface area contributed by atoms with E-state index >= 15 is 0 Å². The van der Waals surface area contributed by atoms with Crippen LogP contribution in [0.25, 0.3) is 66.1 Å². The van der Waals surface area contributed by atoms with Gasteiger partial charge in [-0.3, -0.25) is 0 Å². The fraction of sp³-hybridized carbons (Fsp3) is 0.174. The van der Waals surface area contributed by atoms with Crippen LogP contribution in [-0.4, -0.2) is 13.2 Å². The molecule has 0 atom stereocenters. The quantitative estimate of drug-likeness (QED) is 0.128. The second-order valence-electron chi connectivity index (χ2n) is 14.2. The van der Waals surface area contributed by atoms with Gasteiger partial charge in [-0.1, -0.05) is 72.8 Å². The Morgan fingerprint density at radius 2 is 0.667 bits per heavy atom. The molecule has 0 amide bonds. The zero-order chi connectivity index (χ0) is 42.8. The Balaban J connectivity index is 1.68. The third kappa shape index (κ3) is 7.59. The van der Waals surface area contributed by atoms with Gasteiger partial charge >= 0.3 is 24.7 Å². The minimum absolute atomic E-state index is 0.0227. The van der Waals surface area contributed by atoms with Crippen LogP contribution in [0.5, 0.6) is 11.5 Å². The third-order valence-corrected chi connectivity index (χ3v) is 10.3. The van der Waals surface area contributed by atoms with Crippen LogP contribution in [-0.2, 0) is 24.7 Å². The summed E-state index contributed by atoms with van der Waals surface area (Å²) in [4.78, 5) is 0. The molecule has 7 aromatic rings. The van der Waals surface area contributed by atoms with Crippen molar-refractivity contribution in [3.05, 3.63) is 144 Å². The van der Waals surface area contributed by atoms with Gasteiger partial charge in [0.15, 0.2) is 0 Å². The summed E-state index contributed by atoms with van der Waals surface area (Å²) in [6, 6.07) is 23.7. The summed E-state index contributed by atoms with van der Waals surface area (Å²) < 4.78 is 187. The van der Waals surface area contributed by atoms with E-state index in [1.807, 2.05) is 0 Å². The first kappa shape index (κ1) is 40.6. The molecule has 308 valence electrons. The Morgan fingerprint density at radius 1 is 0.350 bits per heavy atom. The maximum absolute atomic E-state index is 14.5. The van der Waals surface area contributed by atoms with Crippen molar-refractivity contribution >= 4 is 21.5 Å². The van der Waals surface area contributed by atoms with Gasteiger partial charge in [-0.05, 0) is 116 Å². The van der Waals surface area contributed by atoms with Crippen molar-refractivity contribution in [3.63, 3.8) is 0 Å². The van der Waals surface area contributed by atoms with Gasteiger partial charge < -0.3 is 9.47 Å². The first-order chi connectivity index (χ1) is 28.3. The van der Waals surface area contributed by atoms with E-state index in [0.29, 0.717) is 48.2 Å². The van der Waals surface area contributed by atoms with Crippen LogP contribution in [0.15, 0.2) is 121 Å². The highest BCUT2D eigenvalue weighted by Gasteiger charge is 2.39. The second-order valence-corrected chi connectivity index (χ2v) is 14.2. The van der Waals surface area contributed by atoms with Gasteiger partial charge in [-0.25, -0.2) is 0 Å². The van der Waals surface area contributed by atoms with E-state index in [0.717, 1.165) is 0 Å². The molecule has 8 rings (SSSR count). The summed E-state index contributed by atoms with van der Waals surface area (Å²) in [5.41, 5.74) is -7.08. The second kappa shape index (κ2) is 14.8. The first-order valence-corrected chi connectivity index (χ1v) is 18.4. The normalized spacial score (nSPS) is 14.0. The molecule has 1 heterocycles. The average Bonchev–Trinajstić information content (AvgIpc) is 3.19. The Labute approximate surface area is 333 Å². The lowest BCUT2D eigenvalue weighted by Gasteiger charge is -2.25. The van der Waals surface area contributed by atoms with Crippen LogP contribution in [0.2, 0.25) is 0 Å². The average molecular weight is 841 g/mol. The highest BCUT2D eigenvalue weighted by atomic mass is 19.4. The Morgan fingerprint density at radius 3 is 1.00 bits per heavy atom. The van der Waals surface area contributed by atoms with Crippen LogP contribution in [0.3, 0.4) is 0 Å². The van der Waals surface area contributed by atoms with Crippen molar-refractivity contribution in [2.75, 3.05) is 13.2 Å². The summed E-state index contributed by atoms with van der Waals surface area (Å²) in [5.74, 6) is 0.506. The van der Waals surface area contributed by atoms with Crippen molar-refractivity contribution in [1.29, 1.82) is 0 Å². The maximum Gasteiger partial charge on any atom is 0.416 e. The molecule has 60 heavy (non-hydrogen) atoms. The summed E-state index contributed by atoms with van der Waals surface area (Å²) in [7, 11) is 0. The molecule has 14 heteroatoms. The lowest BCUT2D eigenvalue weighted by molar-refractivity contribution is -0.144. The predicted molar refractivity (Wildman–Crippen MR) is 203 cm³/mol. The number of benzene rings is 7. The van der Waals surface area contributed by atoms with Gasteiger partial charge in [0.25, 0.3) is 0 Å². The van der Waals surface area contributed by atoms with Gasteiger partial charge in [0.2, 0.25) is 0 Å². The number of alkyl halides is 12. The minimum atomic E-state index is -5.27. The molecule has 7 aromatic carbocycles. The smallest absolute Gasteiger partial charge is 0.416 e. The van der Waals surface area contributed by atoms with Crippen LogP contribution < -0.4 is 9.47 Å². The van der Waals surface area contributed by atoms with Crippen molar-refractivity contribution in [2.45, 2.75) is 37.5 Å². The van der Waals surface area contributed by atoms with Crippen LogP contribution >= 0.6 is 0 Å². The monoisotopic (exact) mass is 840 g/mol. The van der Waals surface area contributed by atoms with Gasteiger partial charge in [0.1, 0.15) is 11.5 Å². The lowest BCUT2D eigenvalue weighted by atomic mass is 9.80. The zero-order valence-electron chi connectivity index (χ0n) is 30.7. The van der Waals surface area contributed by atoms with Crippen molar-refractivity contribution in [1.82, 2.24) is 0 Å². The number of halogens is 12. The number of hydrogen-bond donors (Lipinski definition) is 0. The Hall–Kier alpha value is -6.18. The molecule has 0 aromatic heterocycles. The molecule has 2 nitrogen and oxygen atoms in total. The van der Waals surface area contributed by atoms with Crippen LogP contribution in [0.4, 0.5) is 52.7 Å². The highest BCUT2D eigenvalue weighted by Crippen LogP contribution is 2.53. The Bertz CT molecular complexity index is 2520. The van der Waals surface area contributed by atoms with E-state index in [4.69, 9.17) is 9.47 Å². The van der Waals surface area contributed by atoms with Crippen molar-refractivity contribution in [3.8, 4) is 56.0 Å². The van der Waals surface area contributed by atoms with Crippen molar-refractivity contribution < 1.29 is 62.2 Å². The highest BCUT2D eigenvalue weighted by molar-refractivity contribution is 6.27. The zero-order valence-corrected chi connectivity index (χ0v) is 30.7. The molecule has 0 saturated carbocycles. The molecule has 1 aliphatic rings. The fourth-order valence-electron chi connectivity index (χ4n) is 7.77. The van der Waals surface area contributed by atoms with E-state index in [-0.39, 0.29) is 80.6 Å². The summed E-state index contributed by atoms with van der Waals surface area (Å²) >= 11 is 0. The van der Waals surface area contributed by atoms with Gasteiger partial charge in [0, 0.05) is 11.1 Å². The van der Waals surface area contributed by atoms with Gasteiger partial charge in [0.05, 0.1) is 35.5 Å². The minimum Gasteiger partial charge on any atom is -0.493 e. The van der Waals surface area contributed by atoms with Gasteiger partial charge in [-0.2, -0.15) is 52.7 Å². The van der Waals surface area contributed by atoms with E-state index in [2.05, 4.69) is 0 Å². The van der Waals surface area contributed by atoms with Crippen LogP contribution in [0, 0.1) is 0 Å². The summed E-state index contributed by atoms with van der Waals surface area (Å²) in [6.07, 6.45) is -20.1. The summed E-state index contributed by atoms with van der Waals surface area (Å²) in [5, 5.41) is -0.242. The molecule has 0 radical (unpaired) electrons. The molecule has 0 spiro atoms. The Kier molecular flexibility index (Phi) is 10.0. The molecular formula is C46H28F12O2. The van der Waals surface area contributed by atoms with Crippen molar-refractivity contribution in [2.24, 2.45) is 0 Å². The molecule has 1 aliphatic heterocycles. The standard InChI is InChI=1S/C46H28F12O2/c47-43(48,49)27-19-25(20-28(23-27)44(50,51)52)39-36-14-8-12-34-32-10-2-4-16-38(32)60-18-6-5-17-59-37-15-3-1-9-31(37)33-11-7-13-35(41(33)39)40(42(34)36)26-21-29(45(53,54)55)24-30(22-26)46(56,57)58/h1-4,7-16,19-24H,5-6,17-18H2. The fourth-order valence-corrected chi connectivity index (χ4v) is 7.77. The topological polar surface area (TPSA) is 18.5 Å². The lowest BCUT2D eigenvalue weighted by Crippen LogP contribution is -2.11. The SMILES string of the molecule is FC(F)(F)c1cc(-c2c3cccc4c3c(-c3cc(C(F)(F)F)cc(C(F)(F)F)c3)c3cccc(c23)-c2ccccc2OCCCCOc2ccccc2-4)cc(C(F)(F)F)c1. The number of hydrogen-bond acceptors (Lipinski definition) is 2.